The predicted molar refractivity (Wildman–Crippen MR) is 120 cm³/mol. The van der Waals surface area contributed by atoms with Gasteiger partial charge in [-0.15, -0.1) is 0 Å². The normalized spacial score (nSPS) is 14.7. The maximum absolute atomic E-state index is 12.6. The molecule has 1 N–H and O–H groups in total. The number of likely N-dealkylation sites (tertiary alicyclic amines) is 1. The molecule has 2 aromatic carbocycles. The fraction of sp³-hybridized carbons (Fsp3) is 0.480. The monoisotopic (exact) mass is 393 g/mol. The Bertz CT molecular complexity index is 779. The molecule has 0 spiro atoms. The van der Waals surface area contributed by atoms with Crippen LogP contribution >= 0.6 is 0 Å². The van der Waals surface area contributed by atoms with Crippen LogP contribution in [0.15, 0.2) is 48.5 Å². The summed E-state index contributed by atoms with van der Waals surface area (Å²) in [5.74, 6) is -0.0104. The zero-order valence-corrected chi connectivity index (χ0v) is 18.2. The first-order chi connectivity index (χ1) is 14.1. The molecule has 156 valence electrons. The molecule has 0 saturated carbocycles. The third-order valence-electron chi connectivity index (χ3n) is 5.89. The van der Waals surface area contributed by atoms with Gasteiger partial charge in [-0.1, -0.05) is 43.3 Å². The van der Waals surface area contributed by atoms with Crippen LogP contribution in [0.25, 0.3) is 0 Å². The molecule has 0 atom stereocenters. The molecule has 2 aromatic rings. The first-order valence-corrected chi connectivity index (χ1v) is 11.0. The molecule has 0 unspecified atom stereocenters. The number of carbonyl (C=O) groups excluding carboxylic acids is 1. The van der Waals surface area contributed by atoms with Crippen LogP contribution in [0.5, 0.6) is 0 Å². The minimum atomic E-state index is -0.0104. The van der Waals surface area contributed by atoms with Crippen molar-refractivity contribution in [3.63, 3.8) is 0 Å². The first kappa shape index (κ1) is 21.5. The summed E-state index contributed by atoms with van der Waals surface area (Å²) < 4.78 is 0. The molecule has 1 saturated heterocycles. The lowest BCUT2D eigenvalue weighted by Crippen LogP contribution is -2.30. The zero-order chi connectivity index (χ0) is 20.6. The van der Waals surface area contributed by atoms with Gasteiger partial charge in [-0.3, -0.25) is 14.6 Å². The van der Waals surface area contributed by atoms with Crippen molar-refractivity contribution < 1.29 is 4.79 Å². The number of carbonyl (C=O) groups is 1. The van der Waals surface area contributed by atoms with Gasteiger partial charge in [0.05, 0.1) is 0 Å². The molecule has 4 nitrogen and oxygen atoms in total. The molecule has 1 amide bonds. The van der Waals surface area contributed by atoms with E-state index in [0.29, 0.717) is 12.6 Å². The lowest BCUT2D eigenvalue weighted by atomic mass is 10.1. The maximum Gasteiger partial charge on any atom is 0.251 e. The van der Waals surface area contributed by atoms with Gasteiger partial charge >= 0.3 is 0 Å². The van der Waals surface area contributed by atoms with Crippen molar-refractivity contribution in [2.75, 3.05) is 19.6 Å². The third kappa shape index (κ3) is 6.15. The van der Waals surface area contributed by atoms with Crippen LogP contribution in [-0.4, -0.2) is 41.4 Å². The molecule has 3 rings (SSSR count). The highest BCUT2D eigenvalue weighted by Gasteiger charge is 2.14. The minimum absolute atomic E-state index is 0.0104. The average molecular weight is 394 g/mol. The summed E-state index contributed by atoms with van der Waals surface area (Å²) in [4.78, 5) is 17.5. The molecule has 0 aliphatic carbocycles. The Morgan fingerprint density at radius 2 is 1.69 bits per heavy atom. The first-order valence-electron chi connectivity index (χ1n) is 11.0. The van der Waals surface area contributed by atoms with Crippen molar-refractivity contribution in [2.24, 2.45) is 0 Å². The lowest BCUT2D eigenvalue weighted by Gasteiger charge is -2.24. The van der Waals surface area contributed by atoms with Crippen molar-refractivity contribution >= 4 is 5.91 Å². The van der Waals surface area contributed by atoms with Crippen molar-refractivity contribution in [3.05, 3.63) is 70.8 Å². The summed E-state index contributed by atoms with van der Waals surface area (Å²) in [5.41, 5.74) is 4.49. The standard InChI is InChI=1S/C25H35N3O/c1-4-28(20(2)3)18-21-11-13-22(14-12-21)25(29)26-17-23-9-5-6-10-24(23)19-27-15-7-8-16-27/h5-6,9-14,20H,4,7-8,15-19H2,1-3H3,(H,26,29). The Labute approximate surface area is 175 Å². The number of nitrogens with one attached hydrogen (secondary N) is 1. The molecule has 1 heterocycles. The van der Waals surface area contributed by atoms with E-state index in [2.05, 4.69) is 72.3 Å². The molecule has 1 fully saturated rings. The summed E-state index contributed by atoms with van der Waals surface area (Å²) in [5, 5.41) is 3.10. The van der Waals surface area contributed by atoms with Gasteiger partial charge in [0.2, 0.25) is 0 Å². The van der Waals surface area contributed by atoms with Crippen molar-refractivity contribution in [1.29, 1.82) is 0 Å². The molecule has 1 aliphatic rings. The Morgan fingerprint density at radius 1 is 1.03 bits per heavy atom. The van der Waals surface area contributed by atoms with E-state index in [9.17, 15) is 4.79 Å². The molecule has 1 aliphatic heterocycles. The van der Waals surface area contributed by atoms with E-state index < -0.39 is 0 Å². The maximum atomic E-state index is 12.6. The second-order valence-electron chi connectivity index (χ2n) is 8.29. The van der Waals surface area contributed by atoms with Crippen LogP contribution < -0.4 is 5.32 Å². The molecular formula is C25H35N3O. The number of hydrogen-bond acceptors (Lipinski definition) is 3. The number of nitrogens with zero attached hydrogens (tertiary/aromatic N) is 2. The van der Waals surface area contributed by atoms with Crippen LogP contribution in [0.4, 0.5) is 0 Å². The Kier molecular flexibility index (Phi) is 7.84. The molecule has 0 aromatic heterocycles. The van der Waals surface area contributed by atoms with E-state index in [0.717, 1.165) is 25.2 Å². The highest BCUT2D eigenvalue weighted by molar-refractivity contribution is 5.94. The van der Waals surface area contributed by atoms with E-state index in [1.54, 1.807) is 0 Å². The fourth-order valence-electron chi connectivity index (χ4n) is 4.00. The van der Waals surface area contributed by atoms with Crippen LogP contribution in [0.1, 0.15) is 60.7 Å². The van der Waals surface area contributed by atoms with Crippen LogP contribution in [0, 0.1) is 0 Å². The molecule has 0 bridgehead atoms. The number of benzene rings is 2. The lowest BCUT2D eigenvalue weighted by molar-refractivity contribution is 0.0950. The Hall–Kier alpha value is -2.17. The molecular weight excluding hydrogens is 358 g/mol. The Balaban J connectivity index is 1.57. The van der Waals surface area contributed by atoms with E-state index >= 15 is 0 Å². The second kappa shape index (κ2) is 10.6. The topological polar surface area (TPSA) is 35.6 Å². The summed E-state index contributed by atoms with van der Waals surface area (Å²) in [6.45, 7) is 12.5. The van der Waals surface area contributed by atoms with E-state index in [-0.39, 0.29) is 5.91 Å². The van der Waals surface area contributed by atoms with Gasteiger partial charge in [0.25, 0.3) is 5.91 Å². The van der Waals surface area contributed by atoms with Gasteiger partial charge in [0.1, 0.15) is 0 Å². The van der Waals surface area contributed by atoms with Gasteiger partial charge in [0.15, 0.2) is 0 Å². The molecule has 4 heteroatoms. The number of amides is 1. The van der Waals surface area contributed by atoms with Crippen LogP contribution in [-0.2, 0) is 19.6 Å². The SMILES string of the molecule is CCN(Cc1ccc(C(=O)NCc2ccccc2CN2CCCC2)cc1)C(C)C. The number of hydrogen-bond donors (Lipinski definition) is 1. The van der Waals surface area contributed by atoms with Crippen LogP contribution in [0.3, 0.4) is 0 Å². The molecule has 29 heavy (non-hydrogen) atoms. The highest BCUT2D eigenvalue weighted by Crippen LogP contribution is 2.16. The summed E-state index contributed by atoms with van der Waals surface area (Å²) in [6, 6.07) is 17.0. The second-order valence-corrected chi connectivity index (χ2v) is 8.29. The Morgan fingerprint density at radius 3 is 2.31 bits per heavy atom. The van der Waals surface area contributed by atoms with Crippen LogP contribution in [0.2, 0.25) is 0 Å². The minimum Gasteiger partial charge on any atom is -0.348 e. The zero-order valence-electron chi connectivity index (χ0n) is 18.2. The average Bonchev–Trinajstić information content (AvgIpc) is 3.24. The van der Waals surface area contributed by atoms with Crippen molar-refractivity contribution in [1.82, 2.24) is 15.1 Å². The predicted octanol–water partition coefficient (Wildman–Crippen LogP) is 4.44. The van der Waals surface area contributed by atoms with Gasteiger partial charge < -0.3 is 5.32 Å². The van der Waals surface area contributed by atoms with E-state index in [4.69, 9.17) is 0 Å². The molecule has 0 radical (unpaired) electrons. The smallest absolute Gasteiger partial charge is 0.251 e. The van der Waals surface area contributed by atoms with Gasteiger partial charge in [-0.25, -0.2) is 0 Å². The number of rotatable bonds is 9. The van der Waals surface area contributed by atoms with Crippen molar-refractivity contribution in [2.45, 2.75) is 59.3 Å². The van der Waals surface area contributed by atoms with E-state index in [1.165, 1.54) is 42.6 Å². The summed E-state index contributed by atoms with van der Waals surface area (Å²) in [6.07, 6.45) is 2.59. The van der Waals surface area contributed by atoms with E-state index in [1.807, 2.05) is 12.1 Å². The largest absolute Gasteiger partial charge is 0.348 e. The van der Waals surface area contributed by atoms with Gasteiger partial charge in [-0.05, 0) is 75.1 Å². The van der Waals surface area contributed by atoms with Gasteiger partial charge in [0, 0.05) is 31.2 Å². The summed E-state index contributed by atoms with van der Waals surface area (Å²) in [7, 11) is 0. The fourth-order valence-corrected chi connectivity index (χ4v) is 4.00. The summed E-state index contributed by atoms with van der Waals surface area (Å²) >= 11 is 0. The highest BCUT2D eigenvalue weighted by atomic mass is 16.1. The third-order valence-corrected chi connectivity index (χ3v) is 5.89. The quantitative estimate of drug-likeness (QED) is 0.684. The van der Waals surface area contributed by atoms with Gasteiger partial charge in [-0.2, -0.15) is 0 Å². The van der Waals surface area contributed by atoms with Crippen molar-refractivity contribution in [3.8, 4) is 0 Å².